The Labute approximate surface area is 335 Å². The summed E-state index contributed by atoms with van der Waals surface area (Å²) in [6.07, 6.45) is 0. The molecule has 0 bridgehead atoms. The number of para-hydroxylation sites is 1. The molecule has 0 aliphatic heterocycles. The lowest BCUT2D eigenvalue weighted by molar-refractivity contribution is 0.668. The Morgan fingerprint density at radius 1 is 0.500 bits per heavy atom. The number of rotatable bonds is 6. The molecule has 0 amide bonds. The fourth-order valence-electron chi connectivity index (χ4n) is 8.73. The van der Waals surface area contributed by atoms with Crippen LogP contribution in [0.2, 0.25) is 0 Å². The molecule has 0 saturated heterocycles. The summed E-state index contributed by atoms with van der Waals surface area (Å²) in [5.74, 6) is 1.01. The van der Waals surface area contributed by atoms with E-state index >= 15 is 0 Å². The molecule has 1 atom stereocenters. The van der Waals surface area contributed by atoms with Gasteiger partial charge in [-0.1, -0.05) is 133 Å². The monoisotopic (exact) mass is 747 g/mol. The van der Waals surface area contributed by atoms with E-state index in [0.717, 1.165) is 71.7 Å². The van der Waals surface area contributed by atoms with Crippen LogP contribution in [0.4, 0.5) is 0 Å². The smallest absolute Gasteiger partial charge is 0.157 e. The summed E-state index contributed by atoms with van der Waals surface area (Å²) < 4.78 is 12.8. The van der Waals surface area contributed by atoms with Crippen molar-refractivity contribution in [3.05, 3.63) is 215 Å². The molecule has 58 heavy (non-hydrogen) atoms. The zero-order chi connectivity index (χ0) is 38.7. The predicted molar refractivity (Wildman–Crippen MR) is 238 cm³/mol. The van der Waals surface area contributed by atoms with Crippen molar-refractivity contribution in [1.29, 1.82) is 0 Å². The second-order valence-corrected chi connectivity index (χ2v) is 15.1. The van der Waals surface area contributed by atoms with E-state index in [4.69, 9.17) is 24.6 Å². The molecule has 11 rings (SSSR count). The lowest BCUT2D eigenvalue weighted by atomic mass is 9.88. The first kappa shape index (κ1) is 33.8. The number of aliphatic imine (C=N–C) groups is 2. The van der Waals surface area contributed by atoms with E-state index in [1.807, 2.05) is 48.5 Å². The third kappa shape index (κ3) is 5.70. The van der Waals surface area contributed by atoms with Gasteiger partial charge < -0.3 is 14.6 Å². The molecule has 2 aromatic heterocycles. The number of furan rings is 2. The van der Waals surface area contributed by atoms with Gasteiger partial charge in [-0.25, -0.2) is 4.99 Å². The van der Waals surface area contributed by atoms with Crippen LogP contribution in [0.5, 0.6) is 0 Å². The molecule has 0 spiro atoms. The van der Waals surface area contributed by atoms with Crippen molar-refractivity contribution in [3.8, 4) is 22.3 Å². The normalized spacial score (nSPS) is 13.7. The molecule has 1 aliphatic rings. The highest BCUT2D eigenvalue weighted by Gasteiger charge is 2.29. The summed E-state index contributed by atoms with van der Waals surface area (Å²) in [6.45, 7) is 2.09. The number of nitrogens with two attached hydrogens (primary N) is 1. The lowest BCUT2D eigenvalue weighted by Crippen LogP contribution is -2.16. The Morgan fingerprint density at radius 3 is 1.88 bits per heavy atom. The van der Waals surface area contributed by atoms with Crippen LogP contribution in [0.3, 0.4) is 0 Å². The zero-order valence-electron chi connectivity index (χ0n) is 31.8. The van der Waals surface area contributed by atoms with E-state index < -0.39 is 0 Å². The molecule has 2 N–H and O–H groups in total. The maximum atomic E-state index is 6.86. The van der Waals surface area contributed by atoms with Crippen LogP contribution >= 0.6 is 0 Å². The number of nitrogens with zero attached hydrogens (tertiary/aromatic N) is 2. The van der Waals surface area contributed by atoms with Gasteiger partial charge in [-0.2, -0.15) is 0 Å². The largest absolute Gasteiger partial charge is 0.456 e. The van der Waals surface area contributed by atoms with Crippen molar-refractivity contribution < 1.29 is 8.83 Å². The minimum absolute atomic E-state index is 0.151. The Balaban J connectivity index is 1.01. The molecule has 8 aromatic carbocycles. The first-order valence-electron chi connectivity index (χ1n) is 19.7. The molecular weight excluding hydrogens is 711 g/mol. The summed E-state index contributed by atoms with van der Waals surface area (Å²) in [6, 6.07) is 63.1. The van der Waals surface area contributed by atoms with E-state index in [-0.39, 0.29) is 12.0 Å². The maximum Gasteiger partial charge on any atom is 0.157 e. The van der Waals surface area contributed by atoms with Crippen molar-refractivity contribution in [2.45, 2.75) is 18.9 Å². The average molecular weight is 748 g/mol. The summed E-state index contributed by atoms with van der Waals surface area (Å²) >= 11 is 0. The highest BCUT2D eigenvalue weighted by molar-refractivity contribution is 6.15. The van der Waals surface area contributed by atoms with Crippen molar-refractivity contribution in [1.82, 2.24) is 0 Å². The number of hydrogen-bond acceptors (Lipinski definition) is 3. The van der Waals surface area contributed by atoms with Gasteiger partial charge in [-0.05, 0) is 100.0 Å². The number of hydrogen-bond donors (Lipinski definition) is 1. The van der Waals surface area contributed by atoms with Gasteiger partial charge in [0.15, 0.2) is 5.84 Å². The van der Waals surface area contributed by atoms with E-state index in [0.29, 0.717) is 11.7 Å². The molecule has 10 aromatic rings. The van der Waals surface area contributed by atoms with E-state index in [1.165, 1.54) is 27.8 Å². The highest BCUT2D eigenvalue weighted by atomic mass is 16.3. The minimum atomic E-state index is -0.223. The first-order chi connectivity index (χ1) is 28.6. The fourth-order valence-corrected chi connectivity index (χ4v) is 8.73. The van der Waals surface area contributed by atoms with Crippen LogP contribution in [0.25, 0.3) is 66.1 Å². The quantitative estimate of drug-likeness (QED) is 0.136. The SMILES string of the molecule is CC(N=C(N=C(N)c1ccc2c(c1)oc1ccccc12)c1ccc2c(c1)oc1ccc(C3c4ccccc4-c4ccccc43)cc12)c1cccc(-c2ccccc2)c1. The number of benzene rings is 8. The molecule has 0 radical (unpaired) electrons. The number of amidine groups is 2. The van der Waals surface area contributed by atoms with Crippen molar-refractivity contribution >= 4 is 55.5 Å². The maximum absolute atomic E-state index is 6.86. The van der Waals surface area contributed by atoms with Crippen LogP contribution in [0.15, 0.2) is 201 Å². The summed E-state index contributed by atoms with van der Waals surface area (Å²) in [5.41, 5.74) is 21.5. The molecular formula is C53H37N3O2. The number of fused-ring (bicyclic) bond motifs is 9. The Bertz CT molecular complexity index is 3230. The van der Waals surface area contributed by atoms with Gasteiger partial charge in [0.25, 0.3) is 0 Å². The molecule has 0 saturated carbocycles. The average Bonchev–Trinajstić information content (AvgIpc) is 3.95. The Hall–Kier alpha value is -7.50. The topological polar surface area (TPSA) is 77.0 Å². The van der Waals surface area contributed by atoms with E-state index in [2.05, 4.69) is 140 Å². The van der Waals surface area contributed by atoms with Crippen LogP contribution in [-0.2, 0) is 0 Å². The van der Waals surface area contributed by atoms with Crippen LogP contribution in [0.1, 0.15) is 52.3 Å². The molecule has 1 unspecified atom stereocenters. The fraction of sp³-hybridized carbons (Fsp3) is 0.0566. The third-order valence-corrected chi connectivity index (χ3v) is 11.6. The lowest BCUT2D eigenvalue weighted by Gasteiger charge is -2.14. The van der Waals surface area contributed by atoms with Gasteiger partial charge in [-0.3, -0.25) is 4.99 Å². The third-order valence-electron chi connectivity index (χ3n) is 11.6. The molecule has 0 fully saturated rings. The van der Waals surface area contributed by atoms with Crippen LogP contribution in [0, 0.1) is 0 Å². The van der Waals surface area contributed by atoms with Crippen LogP contribution in [-0.4, -0.2) is 11.7 Å². The first-order valence-corrected chi connectivity index (χ1v) is 19.7. The van der Waals surface area contributed by atoms with Gasteiger partial charge in [-0.15, -0.1) is 0 Å². The summed E-state index contributed by atoms with van der Waals surface area (Å²) in [4.78, 5) is 10.3. The van der Waals surface area contributed by atoms with Crippen molar-refractivity contribution in [2.75, 3.05) is 0 Å². The predicted octanol–water partition coefficient (Wildman–Crippen LogP) is 13.2. The van der Waals surface area contributed by atoms with Gasteiger partial charge in [0.2, 0.25) is 0 Å². The van der Waals surface area contributed by atoms with Crippen molar-refractivity contribution in [3.63, 3.8) is 0 Å². The van der Waals surface area contributed by atoms with Crippen molar-refractivity contribution in [2.24, 2.45) is 15.7 Å². The van der Waals surface area contributed by atoms with Gasteiger partial charge >= 0.3 is 0 Å². The van der Waals surface area contributed by atoms with Gasteiger partial charge in [0.05, 0.1) is 6.04 Å². The Morgan fingerprint density at radius 2 is 1.10 bits per heavy atom. The van der Waals surface area contributed by atoms with E-state index in [9.17, 15) is 0 Å². The molecule has 1 aliphatic carbocycles. The van der Waals surface area contributed by atoms with Gasteiger partial charge in [0, 0.05) is 38.6 Å². The van der Waals surface area contributed by atoms with Gasteiger partial charge in [0.1, 0.15) is 28.2 Å². The minimum Gasteiger partial charge on any atom is -0.456 e. The molecule has 2 heterocycles. The van der Waals surface area contributed by atoms with Crippen LogP contribution < -0.4 is 5.73 Å². The Kier molecular flexibility index (Phi) is 7.93. The molecule has 5 heteroatoms. The second kappa shape index (κ2) is 13.6. The zero-order valence-corrected chi connectivity index (χ0v) is 31.8. The summed E-state index contributed by atoms with van der Waals surface area (Å²) in [5, 5.41) is 4.22. The summed E-state index contributed by atoms with van der Waals surface area (Å²) in [7, 11) is 0. The molecule has 276 valence electrons. The van der Waals surface area contributed by atoms with E-state index in [1.54, 1.807) is 0 Å². The second-order valence-electron chi connectivity index (χ2n) is 15.1. The molecule has 5 nitrogen and oxygen atoms in total. The standard InChI is InChI=1S/C53H37N3O2/c1-32(34-14-11-15-35(28-34)33-12-3-2-4-13-33)55-53(56-52(54)37-22-25-42-41-18-9-10-21-47(41)57-49(42)30-37)38-23-26-43-46-29-36(24-27-48(46)58-50(43)31-38)51-44-19-7-5-16-39(44)40-17-6-8-20-45(40)51/h2-32,51H,1H3,(H2,54,55,56). The highest BCUT2D eigenvalue weighted by Crippen LogP contribution is 2.48.